The third-order valence-corrected chi connectivity index (χ3v) is 3.38. The first-order chi connectivity index (χ1) is 8.91. The molecule has 0 saturated carbocycles. The summed E-state index contributed by atoms with van der Waals surface area (Å²) >= 11 is 0. The maximum absolute atomic E-state index is 11.6. The quantitative estimate of drug-likeness (QED) is 0.842. The fourth-order valence-electron chi connectivity index (χ4n) is 2.61. The SMILES string of the molecule is Cc1cc(C)c(C(N)=O)c(N2CCCC2C(=O)O)n1. The highest BCUT2D eigenvalue weighted by Crippen LogP contribution is 2.29. The van der Waals surface area contributed by atoms with Gasteiger partial charge < -0.3 is 15.7 Å². The number of anilines is 1. The smallest absolute Gasteiger partial charge is 0.326 e. The van der Waals surface area contributed by atoms with Crippen molar-refractivity contribution >= 4 is 17.7 Å². The number of carboxylic acid groups (broad SMARTS) is 1. The lowest BCUT2D eigenvalue weighted by Crippen LogP contribution is -2.38. The van der Waals surface area contributed by atoms with Gasteiger partial charge >= 0.3 is 5.97 Å². The van der Waals surface area contributed by atoms with Crippen molar-refractivity contribution in [3.05, 3.63) is 22.9 Å². The van der Waals surface area contributed by atoms with Gasteiger partial charge in [0.25, 0.3) is 5.91 Å². The lowest BCUT2D eigenvalue weighted by atomic mass is 10.1. The number of hydrogen-bond acceptors (Lipinski definition) is 4. The maximum Gasteiger partial charge on any atom is 0.326 e. The van der Waals surface area contributed by atoms with Gasteiger partial charge in [0.1, 0.15) is 11.9 Å². The van der Waals surface area contributed by atoms with Crippen LogP contribution in [0.15, 0.2) is 6.07 Å². The highest BCUT2D eigenvalue weighted by Gasteiger charge is 2.34. The van der Waals surface area contributed by atoms with Gasteiger partial charge in [-0.25, -0.2) is 9.78 Å². The zero-order chi connectivity index (χ0) is 14.2. The van der Waals surface area contributed by atoms with Gasteiger partial charge in [-0.3, -0.25) is 4.79 Å². The van der Waals surface area contributed by atoms with Gasteiger partial charge in [0, 0.05) is 12.2 Å². The summed E-state index contributed by atoms with van der Waals surface area (Å²) in [5.74, 6) is -1.07. The summed E-state index contributed by atoms with van der Waals surface area (Å²) in [7, 11) is 0. The number of pyridine rings is 1. The predicted octanol–water partition coefficient (Wildman–Crippen LogP) is 0.851. The average molecular weight is 263 g/mol. The van der Waals surface area contributed by atoms with E-state index < -0.39 is 17.9 Å². The molecule has 1 aromatic heterocycles. The number of aromatic nitrogens is 1. The molecule has 0 aromatic carbocycles. The molecular formula is C13H17N3O3. The van der Waals surface area contributed by atoms with E-state index in [0.29, 0.717) is 24.3 Å². The Balaban J connectivity index is 2.55. The number of carbonyl (C=O) groups excluding carboxylic acids is 1. The Bertz CT molecular complexity index is 542. The van der Waals surface area contributed by atoms with Crippen LogP contribution < -0.4 is 10.6 Å². The molecule has 1 atom stereocenters. The van der Waals surface area contributed by atoms with E-state index in [1.165, 1.54) is 0 Å². The molecule has 1 aliphatic heterocycles. The van der Waals surface area contributed by atoms with Crippen LogP contribution in [0.4, 0.5) is 5.82 Å². The summed E-state index contributed by atoms with van der Waals surface area (Å²) in [5.41, 5.74) is 7.19. The number of nitrogens with two attached hydrogens (primary N) is 1. The molecule has 6 nitrogen and oxygen atoms in total. The van der Waals surface area contributed by atoms with Crippen molar-refractivity contribution in [3.63, 3.8) is 0 Å². The van der Waals surface area contributed by atoms with Crippen LogP contribution in [0.3, 0.4) is 0 Å². The van der Waals surface area contributed by atoms with E-state index in [2.05, 4.69) is 4.98 Å². The number of carbonyl (C=O) groups is 2. The van der Waals surface area contributed by atoms with Crippen molar-refractivity contribution in [2.75, 3.05) is 11.4 Å². The molecule has 2 heterocycles. The van der Waals surface area contributed by atoms with E-state index in [1.54, 1.807) is 17.9 Å². The number of rotatable bonds is 3. The lowest BCUT2D eigenvalue weighted by molar-refractivity contribution is -0.138. The molecule has 1 unspecified atom stereocenters. The molecule has 19 heavy (non-hydrogen) atoms. The summed E-state index contributed by atoms with van der Waals surface area (Å²) in [4.78, 5) is 28.8. The minimum atomic E-state index is -0.895. The van der Waals surface area contributed by atoms with Gasteiger partial charge in [-0.1, -0.05) is 0 Å². The van der Waals surface area contributed by atoms with Crippen LogP contribution >= 0.6 is 0 Å². The first-order valence-electron chi connectivity index (χ1n) is 6.19. The summed E-state index contributed by atoms with van der Waals surface area (Å²) in [5, 5.41) is 9.23. The minimum absolute atomic E-state index is 0.318. The first kappa shape index (κ1) is 13.3. The highest BCUT2D eigenvalue weighted by atomic mass is 16.4. The number of amides is 1. The summed E-state index contributed by atoms with van der Waals surface area (Å²) in [6, 6.07) is 1.14. The van der Waals surface area contributed by atoms with Crippen molar-refractivity contribution in [1.82, 2.24) is 4.98 Å². The molecule has 1 fully saturated rings. The maximum atomic E-state index is 11.6. The largest absolute Gasteiger partial charge is 0.480 e. The Morgan fingerprint density at radius 1 is 1.47 bits per heavy atom. The Kier molecular flexibility index (Phi) is 3.42. The second-order valence-electron chi connectivity index (χ2n) is 4.83. The standard InChI is InChI=1S/C13H17N3O3/c1-7-6-8(2)15-12(10(7)11(14)17)16-5-3-4-9(16)13(18)19/h6,9H,3-5H2,1-2H3,(H2,14,17)(H,18,19). The molecule has 0 spiro atoms. The Morgan fingerprint density at radius 3 is 2.74 bits per heavy atom. The fraction of sp³-hybridized carbons (Fsp3) is 0.462. The lowest BCUT2D eigenvalue weighted by Gasteiger charge is -2.25. The van der Waals surface area contributed by atoms with E-state index in [-0.39, 0.29) is 0 Å². The minimum Gasteiger partial charge on any atom is -0.480 e. The second kappa shape index (κ2) is 4.87. The van der Waals surface area contributed by atoms with E-state index >= 15 is 0 Å². The molecule has 3 N–H and O–H groups in total. The van der Waals surface area contributed by atoms with Crippen molar-refractivity contribution in [3.8, 4) is 0 Å². The summed E-state index contributed by atoms with van der Waals surface area (Å²) in [6.45, 7) is 4.17. The van der Waals surface area contributed by atoms with Crippen molar-refractivity contribution < 1.29 is 14.7 Å². The number of aliphatic carboxylic acids is 1. The number of aryl methyl sites for hydroxylation is 2. The molecule has 102 valence electrons. The van der Waals surface area contributed by atoms with Crippen molar-refractivity contribution in [1.29, 1.82) is 0 Å². The second-order valence-corrected chi connectivity index (χ2v) is 4.83. The molecule has 0 bridgehead atoms. The number of primary amides is 1. The van der Waals surface area contributed by atoms with Crippen LogP contribution in [-0.4, -0.2) is 34.6 Å². The van der Waals surface area contributed by atoms with Crippen LogP contribution in [-0.2, 0) is 4.79 Å². The molecule has 0 aliphatic carbocycles. The topological polar surface area (TPSA) is 96.5 Å². The fourth-order valence-corrected chi connectivity index (χ4v) is 2.61. The highest BCUT2D eigenvalue weighted by molar-refractivity contribution is 6.00. The third kappa shape index (κ3) is 2.38. The normalized spacial score (nSPS) is 18.6. The van der Waals surface area contributed by atoms with Crippen molar-refractivity contribution in [2.45, 2.75) is 32.7 Å². The Hall–Kier alpha value is -2.11. The predicted molar refractivity (Wildman–Crippen MR) is 70.2 cm³/mol. The van der Waals surface area contributed by atoms with Crippen LogP contribution in [0.2, 0.25) is 0 Å². The van der Waals surface area contributed by atoms with Gasteiger partial charge in [-0.05, 0) is 38.3 Å². The molecule has 6 heteroatoms. The van der Waals surface area contributed by atoms with E-state index in [1.807, 2.05) is 6.92 Å². The van der Waals surface area contributed by atoms with Gasteiger partial charge in [0.05, 0.1) is 5.56 Å². The number of hydrogen-bond donors (Lipinski definition) is 2. The molecule has 0 radical (unpaired) electrons. The Labute approximate surface area is 111 Å². The van der Waals surface area contributed by atoms with Gasteiger partial charge in [0.15, 0.2) is 0 Å². The van der Waals surface area contributed by atoms with E-state index in [4.69, 9.17) is 5.73 Å². The number of nitrogens with zero attached hydrogens (tertiary/aromatic N) is 2. The first-order valence-corrected chi connectivity index (χ1v) is 6.19. The average Bonchev–Trinajstić information content (AvgIpc) is 2.75. The third-order valence-electron chi connectivity index (χ3n) is 3.38. The van der Waals surface area contributed by atoms with Crippen LogP contribution in [0.1, 0.15) is 34.5 Å². The Morgan fingerprint density at radius 2 is 2.16 bits per heavy atom. The molecular weight excluding hydrogens is 246 g/mol. The van der Waals surface area contributed by atoms with Crippen LogP contribution in [0.5, 0.6) is 0 Å². The summed E-state index contributed by atoms with van der Waals surface area (Å²) < 4.78 is 0. The van der Waals surface area contributed by atoms with Crippen LogP contribution in [0, 0.1) is 13.8 Å². The zero-order valence-electron chi connectivity index (χ0n) is 11.0. The van der Waals surface area contributed by atoms with Crippen LogP contribution in [0.25, 0.3) is 0 Å². The zero-order valence-corrected chi connectivity index (χ0v) is 11.0. The molecule has 1 aliphatic rings. The van der Waals surface area contributed by atoms with Gasteiger partial charge in [0.2, 0.25) is 0 Å². The van der Waals surface area contributed by atoms with E-state index in [0.717, 1.165) is 17.7 Å². The van der Waals surface area contributed by atoms with Gasteiger partial charge in [-0.2, -0.15) is 0 Å². The molecule has 1 aromatic rings. The van der Waals surface area contributed by atoms with E-state index in [9.17, 15) is 14.7 Å². The van der Waals surface area contributed by atoms with Gasteiger partial charge in [-0.15, -0.1) is 0 Å². The molecule has 2 rings (SSSR count). The monoisotopic (exact) mass is 263 g/mol. The molecule has 1 saturated heterocycles. The molecule has 1 amide bonds. The van der Waals surface area contributed by atoms with Crippen molar-refractivity contribution in [2.24, 2.45) is 5.73 Å². The summed E-state index contributed by atoms with van der Waals surface area (Å²) in [6.07, 6.45) is 1.33. The number of carboxylic acids is 1.